The van der Waals surface area contributed by atoms with E-state index in [1.165, 1.54) is 35.0 Å². The number of nitriles is 1. The number of benzene rings is 1. The van der Waals surface area contributed by atoms with Gasteiger partial charge in [0, 0.05) is 24.4 Å². The maximum absolute atomic E-state index is 12.7. The number of nitro groups is 1. The van der Waals surface area contributed by atoms with Gasteiger partial charge in [-0.05, 0) is 37.5 Å². The minimum absolute atomic E-state index is 0.00600. The van der Waals surface area contributed by atoms with E-state index in [1.807, 2.05) is 6.07 Å². The van der Waals surface area contributed by atoms with Gasteiger partial charge in [-0.1, -0.05) is 19.3 Å². The van der Waals surface area contributed by atoms with Gasteiger partial charge in [0.25, 0.3) is 11.2 Å². The molecule has 8 nitrogen and oxygen atoms in total. The molecule has 1 aromatic carbocycles. The summed E-state index contributed by atoms with van der Waals surface area (Å²) in [5.41, 5.74) is 0.599. The average molecular weight is 380 g/mol. The summed E-state index contributed by atoms with van der Waals surface area (Å²) in [5, 5.41) is 31.0. The first-order valence-electron chi connectivity index (χ1n) is 9.10. The second-order valence-corrected chi connectivity index (χ2v) is 6.85. The van der Waals surface area contributed by atoms with Gasteiger partial charge in [0.15, 0.2) is 0 Å². The zero-order chi connectivity index (χ0) is 20.3. The van der Waals surface area contributed by atoms with Crippen molar-refractivity contribution >= 4 is 17.6 Å². The largest absolute Gasteiger partial charge is 0.494 e. The fraction of sp³-hybridized carbons (Fsp3) is 0.350. The molecule has 1 N–H and O–H groups in total. The van der Waals surface area contributed by atoms with Crippen LogP contribution in [0.3, 0.4) is 0 Å². The summed E-state index contributed by atoms with van der Waals surface area (Å²) in [5.74, 6) is -0.195. The van der Waals surface area contributed by atoms with E-state index in [4.69, 9.17) is 0 Å². The van der Waals surface area contributed by atoms with Crippen LogP contribution in [-0.4, -0.2) is 20.8 Å². The van der Waals surface area contributed by atoms with Crippen LogP contribution in [0.15, 0.2) is 34.1 Å². The third kappa shape index (κ3) is 3.64. The summed E-state index contributed by atoms with van der Waals surface area (Å²) in [6.07, 6.45) is 5.99. The first-order chi connectivity index (χ1) is 13.4. The van der Waals surface area contributed by atoms with Gasteiger partial charge < -0.3 is 5.11 Å². The molecule has 0 amide bonds. The Kier molecular flexibility index (Phi) is 5.54. The highest BCUT2D eigenvalue weighted by Crippen LogP contribution is 2.32. The van der Waals surface area contributed by atoms with Crippen LogP contribution in [0.25, 0.3) is 0 Å². The Balaban J connectivity index is 2.05. The second kappa shape index (κ2) is 8.05. The predicted octanol–water partition coefficient (Wildman–Crippen LogP) is 3.90. The predicted molar refractivity (Wildman–Crippen MR) is 104 cm³/mol. The summed E-state index contributed by atoms with van der Waals surface area (Å²) < 4.78 is 1.32. The van der Waals surface area contributed by atoms with E-state index < -0.39 is 10.5 Å². The molecule has 144 valence electrons. The van der Waals surface area contributed by atoms with Crippen LogP contribution >= 0.6 is 0 Å². The third-order valence-corrected chi connectivity index (χ3v) is 5.14. The summed E-state index contributed by atoms with van der Waals surface area (Å²) in [4.78, 5) is 27.2. The summed E-state index contributed by atoms with van der Waals surface area (Å²) in [6, 6.07) is 7.46. The number of rotatable bonds is 4. The fourth-order valence-corrected chi connectivity index (χ4v) is 3.57. The monoisotopic (exact) mass is 380 g/mol. The average Bonchev–Trinajstić information content (AvgIpc) is 2.69. The highest BCUT2D eigenvalue weighted by molar-refractivity contribution is 5.87. The van der Waals surface area contributed by atoms with Crippen molar-refractivity contribution < 1.29 is 10.0 Å². The maximum Gasteiger partial charge on any atom is 0.271 e. The van der Waals surface area contributed by atoms with E-state index in [0.29, 0.717) is 16.8 Å². The van der Waals surface area contributed by atoms with Gasteiger partial charge in [-0.15, -0.1) is 0 Å². The lowest BCUT2D eigenvalue weighted by Gasteiger charge is -2.26. The Morgan fingerprint density at radius 3 is 2.50 bits per heavy atom. The van der Waals surface area contributed by atoms with E-state index in [2.05, 4.69) is 4.99 Å². The van der Waals surface area contributed by atoms with Gasteiger partial charge in [0.1, 0.15) is 11.6 Å². The first-order valence-corrected chi connectivity index (χ1v) is 9.10. The van der Waals surface area contributed by atoms with Crippen molar-refractivity contribution in [2.45, 2.75) is 45.1 Å². The quantitative estimate of drug-likeness (QED) is 0.490. The molecule has 1 aliphatic carbocycles. The van der Waals surface area contributed by atoms with E-state index in [9.17, 15) is 25.3 Å². The van der Waals surface area contributed by atoms with Gasteiger partial charge in [-0.25, -0.2) is 0 Å². The first kappa shape index (κ1) is 19.3. The maximum atomic E-state index is 12.7. The van der Waals surface area contributed by atoms with Crippen molar-refractivity contribution in [1.82, 2.24) is 4.57 Å². The SMILES string of the molecule is Cc1c(C=Nc2ccc([N+](=O)[O-])cc2)c(O)n(C2CCCCC2)c(=O)c1C#N. The van der Waals surface area contributed by atoms with Crippen LogP contribution < -0.4 is 5.56 Å². The van der Waals surface area contributed by atoms with Gasteiger partial charge in [-0.2, -0.15) is 5.26 Å². The number of hydrogen-bond acceptors (Lipinski definition) is 6. The van der Waals surface area contributed by atoms with Crippen molar-refractivity contribution in [1.29, 1.82) is 5.26 Å². The number of aromatic hydroxyl groups is 1. The molecular formula is C20H20N4O4. The highest BCUT2D eigenvalue weighted by atomic mass is 16.6. The van der Waals surface area contributed by atoms with Crippen molar-refractivity contribution in [3.63, 3.8) is 0 Å². The van der Waals surface area contributed by atoms with Crippen molar-refractivity contribution in [2.75, 3.05) is 0 Å². The van der Waals surface area contributed by atoms with E-state index >= 15 is 0 Å². The molecule has 0 atom stereocenters. The Labute approximate surface area is 161 Å². The van der Waals surface area contributed by atoms with E-state index in [1.54, 1.807) is 6.92 Å². The molecule has 1 saturated carbocycles. The third-order valence-electron chi connectivity index (χ3n) is 5.14. The molecule has 0 radical (unpaired) electrons. The topological polar surface area (TPSA) is 122 Å². The number of nitrogens with zero attached hydrogens (tertiary/aromatic N) is 4. The molecule has 28 heavy (non-hydrogen) atoms. The molecule has 0 bridgehead atoms. The molecule has 1 heterocycles. The number of pyridine rings is 1. The Morgan fingerprint density at radius 1 is 1.29 bits per heavy atom. The minimum atomic E-state index is -0.497. The molecular weight excluding hydrogens is 360 g/mol. The molecule has 3 rings (SSSR count). The standard InChI is InChI=1S/C20H20N4O4/c1-13-17(11-21)19(25)23(15-5-3-2-4-6-15)20(26)18(13)12-22-14-7-9-16(10-8-14)24(27)28/h7-10,12,15,26H,2-6H2,1H3. The lowest BCUT2D eigenvalue weighted by atomic mass is 9.94. The van der Waals surface area contributed by atoms with Crippen LogP contribution in [-0.2, 0) is 0 Å². The second-order valence-electron chi connectivity index (χ2n) is 6.85. The molecule has 0 aliphatic heterocycles. The Hall–Kier alpha value is -3.47. The smallest absolute Gasteiger partial charge is 0.271 e. The number of aliphatic imine (C=N–C) groups is 1. The van der Waals surface area contributed by atoms with Gasteiger partial charge >= 0.3 is 0 Å². The molecule has 8 heteroatoms. The highest BCUT2D eigenvalue weighted by Gasteiger charge is 2.24. The zero-order valence-electron chi connectivity index (χ0n) is 15.5. The number of non-ortho nitro benzene ring substituents is 1. The van der Waals surface area contributed by atoms with Gasteiger partial charge in [0.2, 0.25) is 5.88 Å². The fourth-order valence-electron chi connectivity index (χ4n) is 3.57. The van der Waals surface area contributed by atoms with Crippen molar-refractivity contribution in [3.05, 3.63) is 61.4 Å². The van der Waals surface area contributed by atoms with Crippen LogP contribution in [0.4, 0.5) is 11.4 Å². The molecule has 1 aliphatic rings. The Bertz CT molecular complexity index is 1030. The number of hydrogen-bond donors (Lipinski definition) is 1. The summed E-state index contributed by atoms with van der Waals surface area (Å²) in [7, 11) is 0. The number of aromatic nitrogens is 1. The lowest BCUT2D eigenvalue weighted by Crippen LogP contribution is -2.30. The van der Waals surface area contributed by atoms with E-state index in [-0.39, 0.29) is 23.2 Å². The lowest BCUT2D eigenvalue weighted by molar-refractivity contribution is -0.384. The van der Waals surface area contributed by atoms with Crippen molar-refractivity contribution in [3.8, 4) is 11.9 Å². The van der Waals surface area contributed by atoms with Gasteiger partial charge in [0.05, 0.1) is 16.2 Å². The van der Waals surface area contributed by atoms with Crippen LogP contribution in [0, 0.1) is 28.4 Å². The zero-order valence-corrected chi connectivity index (χ0v) is 15.5. The van der Waals surface area contributed by atoms with Crippen LogP contribution in [0.1, 0.15) is 54.8 Å². The molecule has 2 aromatic rings. The molecule has 0 spiro atoms. The normalized spacial score (nSPS) is 14.9. The molecule has 1 fully saturated rings. The van der Waals surface area contributed by atoms with Crippen molar-refractivity contribution in [2.24, 2.45) is 4.99 Å². The Morgan fingerprint density at radius 2 is 1.93 bits per heavy atom. The minimum Gasteiger partial charge on any atom is -0.494 e. The molecule has 0 unspecified atom stereocenters. The summed E-state index contributed by atoms with van der Waals surface area (Å²) in [6.45, 7) is 1.60. The van der Waals surface area contributed by atoms with Gasteiger partial charge in [-0.3, -0.25) is 24.5 Å². The molecule has 0 saturated heterocycles. The molecule has 1 aromatic heterocycles. The van der Waals surface area contributed by atoms with Crippen LogP contribution in [0.5, 0.6) is 5.88 Å². The summed E-state index contributed by atoms with van der Waals surface area (Å²) >= 11 is 0. The van der Waals surface area contributed by atoms with E-state index in [0.717, 1.165) is 32.1 Å². The number of nitro benzene ring substituents is 1. The van der Waals surface area contributed by atoms with Crippen LogP contribution in [0.2, 0.25) is 0 Å².